The number of aromatic nitrogens is 3. The van der Waals surface area contributed by atoms with Crippen LogP contribution in [0.3, 0.4) is 0 Å². The van der Waals surface area contributed by atoms with Crippen LogP contribution >= 0.6 is 0 Å². The van der Waals surface area contributed by atoms with Crippen molar-refractivity contribution in [2.75, 3.05) is 30.3 Å². The summed E-state index contributed by atoms with van der Waals surface area (Å²) in [5.74, 6) is 1.72. The summed E-state index contributed by atoms with van der Waals surface area (Å²) in [4.78, 5) is 9.53. The second kappa shape index (κ2) is 6.85. The van der Waals surface area contributed by atoms with Gasteiger partial charge in [-0.25, -0.2) is 4.98 Å². The fraction of sp³-hybridized carbons (Fsp3) is 0.429. The summed E-state index contributed by atoms with van der Waals surface area (Å²) in [5.41, 5.74) is 11.1. The van der Waals surface area contributed by atoms with Gasteiger partial charge in [-0.2, -0.15) is 5.10 Å². The van der Waals surface area contributed by atoms with E-state index in [4.69, 9.17) is 5.73 Å². The lowest BCUT2D eigenvalue weighted by atomic mass is 9.96. The maximum atomic E-state index is 6.35. The molecule has 1 aromatic carbocycles. The molecule has 0 bridgehead atoms. The highest BCUT2D eigenvalue weighted by molar-refractivity contribution is 5.93. The number of anilines is 2. The van der Waals surface area contributed by atoms with Crippen LogP contribution in [0.25, 0.3) is 11.0 Å². The summed E-state index contributed by atoms with van der Waals surface area (Å²) in [5, 5.41) is 8.95. The maximum absolute atomic E-state index is 6.35. The van der Waals surface area contributed by atoms with E-state index in [0.29, 0.717) is 5.82 Å². The third-order valence-electron chi connectivity index (χ3n) is 5.90. The summed E-state index contributed by atoms with van der Waals surface area (Å²) in [6, 6.07) is 10.6. The van der Waals surface area contributed by atoms with Crippen LogP contribution in [-0.4, -0.2) is 39.7 Å². The van der Waals surface area contributed by atoms with Gasteiger partial charge >= 0.3 is 0 Å². The van der Waals surface area contributed by atoms with Gasteiger partial charge in [0.1, 0.15) is 5.82 Å². The zero-order chi connectivity index (χ0) is 18.2. The van der Waals surface area contributed by atoms with E-state index in [1.54, 1.807) is 0 Å². The van der Waals surface area contributed by atoms with Crippen LogP contribution in [0.4, 0.5) is 11.6 Å². The predicted molar refractivity (Wildman–Crippen MR) is 109 cm³/mol. The molecule has 2 aliphatic rings. The Morgan fingerprint density at radius 3 is 2.63 bits per heavy atom. The summed E-state index contributed by atoms with van der Waals surface area (Å²) < 4.78 is 0. The zero-order valence-electron chi connectivity index (χ0n) is 15.6. The first-order valence-corrected chi connectivity index (χ1v) is 9.96. The number of pyridine rings is 1. The first-order chi connectivity index (χ1) is 13.3. The van der Waals surface area contributed by atoms with Crippen LogP contribution in [0.5, 0.6) is 0 Å². The molecule has 0 spiro atoms. The first-order valence-electron chi connectivity index (χ1n) is 9.96. The Kier molecular flexibility index (Phi) is 4.20. The van der Waals surface area contributed by atoms with E-state index < -0.39 is 0 Å². The highest BCUT2D eigenvalue weighted by Gasteiger charge is 2.26. The number of rotatable bonds is 3. The van der Waals surface area contributed by atoms with Crippen molar-refractivity contribution in [3.05, 3.63) is 47.0 Å². The van der Waals surface area contributed by atoms with Crippen LogP contribution in [0, 0.1) is 0 Å². The summed E-state index contributed by atoms with van der Waals surface area (Å²) in [6.45, 7) is 5.00. The number of hydrogen-bond acceptors (Lipinski definition) is 5. The molecule has 2 aromatic heterocycles. The molecule has 4 heterocycles. The highest BCUT2D eigenvalue weighted by atomic mass is 15.3. The zero-order valence-corrected chi connectivity index (χ0v) is 15.6. The molecule has 6 heteroatoms. The molecular weight excluding hydrogens is 336 g/mol. The number of hydrogen-bond donors (Lipinski definition) is 2. The van der Waals surface area contributed by atoms with Gasteiger partial charge in [0.25, 0.3) is 0 Å². The summed E-state index contributed by atoms with van der Waals surface area (Å²) in [6.07, 6.45) is 4.79. The van der Waals surface area contributed by atoms with Gasteiger partial charge in [0, 0.05) is 38.3 Å². The number of nitrogens with zero attached hydrogens (tertiary/aromatic N) is 4. The van der Waals surface area contributed by atoms with E-state index in [1.807, 2.05) is 0 Å². The molecule has 0 saturated carbocycles. The molecule has 3 N–H and O–H groups in total. The molecule has 0 atom stereocenters. The number of nitrogen functional groups attached to an aromatic ring is 1. The van der Waals surface area contributed by atoms with Gasteiger partial charge in [-0.1, -0.05) is 30.3 Å². The lowest BCUT2D eigenvalue weighted by molar-refractivity contribution is 0.246. The van der Waals surface area contributed by atoms with Crippen molar-refractivity contribution in [2.24, 2.45) is 0 Å². The van der Waals surface area contributed by atoms with Gasteiger partial charge in [-0.05, 0) is 36.8 Å². The number of H-pyrrole nitrogens is 1. The standard InChI is InChI=1S/C21H26N6/c22-19-17-14-26(13-15-7-3-1-4-8-15)12-9-16(17)18-20(23-19)24-25-21(18)27-10-5-2-6-11-27/h1,3-4,7-8H,2,5-6,9-14H2,(H3,22,23,24,25). The van der Waals surface area contributed by atoms with Crippen molar-refractivity contribution >= 4 is 22.7 Å². The number of aromatic amines is 1. The average Bonchev–Trinajstić information content (AvgIpc) is 3.13. The third kappa shape index (κ3) is 3.04. The molecule has 2 aliphatic heterocycles. The fourth-order valence-corrected chi connectivity index (χ4v) is 4.51. The number of benzene rings is 1. The van der Waals surface area contributed by atoms with Crippen LogP contribution < -0.4 is 10.6 Å². The molecule has 6 nitrogen and oxygen atoms in total. The molecule has 27 heavy (non-hydrogen) atoms. The van der Waals surface area contributed by atoms with E-state index in [0.717, 1.165) is 50.6 Å². The maximum Gasteiger partial charge on any atom is 0.160 e. The van der Waals surface area contributed by atoms with Crippen molar-refractivity contribution in [1.29, 1.82) is 0 Å². The third-order valence-corrected chi connectivity index (χ3v) is 5.90. The molecule has 0 aliphatic carbocycles. The number of nitrogens with two attached hydrogens (primary N) is 1. The van der Waals surface area contributed by atoms with E-state index >= 15 is 0 Å². The minimum absolute atomic E-state index is 0.643. The molecule has 0 amide bonds. The Morgan fingerprint density at radius 2 is 1.81 bits per heavy atom. The van der Waals surface area contributed by atoms with Crippen molar-refractivity contribution < 1.29 is 0 Å². The Morgan fingerprint density at radius 1 is 1.00 bits per heavy atom. The van der Waals surface area contributed by atoms with Gasteiger partial charge in [-0.3, -0.25) is 10.00 Å². The summed E-state index contributed by atoms with van der Waals surface area (Å²) in [7, 11) is 0. The normalized spacial score (nSPS) is 18.0. The van der Waals surface area contributed by atoms with Crippen LogP contribution in [0.2, 0.25) is 0 Å². The van der Waals surface area contributed by atoms with Gasteiger partial charge in [0.05, 0.1) is 5.39 Å². The van der Waals surface area contributed by atoms with Gasteiger partial charge in [-0.15, -0.1) is 0 Å². The predicted octanol–water partition coefficient (Wildman–Crippen LogP) is 3.09. The van der Waals surface area contributed by atoms with Gasteiger partial charge < -0.3 is 10.6 Å². The largest absolute Gasteiger partial charge is 0.383 e. The van der Waals surface area contributed by atoms with Crippen molar-refractivity contribution in [2.45, 2.75) is 38.8 Å². The number of nitrogens with one attached hydrogen (secondary N) is 1. The summed E-state index contributed by atoms with van der Waals surface area (Å²) >= 11 is 0. The van der Waals surface area contributed by atoms with Crippen molar-refractivity contribution in [3.8, 4) is 0 Å². The molecule has 1 saturated heterocycles. The SMILES string of the molecule is Nc1nc2[nH]nc(N3CCCCC3)c2c2c1CN(Cc1ccccc1)CC2. The second-order valence-corrected chi connectivity index (χ2v) is 7.72. The fourth-order valence-electron chi connectivity index (χ4n) is 4.51. The Bertz CT molecular complexity index is 942. The molecule has 3 aromatic rings. The highest BCUT2D eigenvalue weighted by Crippen LogP contribution is 2.35. The Hall–Kier alpha value is -2.60. The molecule has 0 radical (unpaired) electrons. The molecule has 0 unspecified atom stereocenters. The monoisotopic (exact) mass is 362 g/mol. The lowest BCUT2D eigenvalue weighted by Gasteiger charge is -2.31. The minimum Gasteiger partial charge on any atom is -0.383 e. The molecular formula is C21H26N6. The van der Waals surface area contributed by atoms with Gasteiger partial charge in [0.2, 0.25) is 0 Å². The number of fused-ring (bicyclic) bond motifs is 3. The van der Waals surface area contributed by atoms with Crippen LogP contribution in [-0.2, 0) is 19.5 Å². The Balaban J connectivity index is 1.49. The van der Waals surface area contributed by atoms with Crippen LogP contribution in [0.15, 0.2) is 30.3 Å². The average molecular weight is 362 g/mol. The van der Waals surface area contributed by atoms with E-state index in [1.165, 1.54) is 41.3 Å². The van der Waals surface area contributed by atoms with E-state index in [9.17, 15) is 0 Å². The van der Waals surface area contributed by atoms with E-state index in [-0.39, 0.29) is 0 Å². The quantitative estimate of drug-likeness (QED) is 0.749. The molecule has 5 rings (SSSR count). The smallest absolute Gasteiger partial charge is 0.160 e. The topological polar surface area (TPSA) is 74.1 Å². The minimum atomic E-state index is 0.643. The van der Waals surface area contributed by atoms with Gasteiger partial charge in [0.15, 0.2) is 11.5 Å². The van der Waals surface area contributed by atoms with Crippen LogP contribution in [0.1, 0.15) is 36.0 Å². The van der Waals surface area contributed by atoms with Crippen molar-refractivity contribution in [3.63, 3.8) is 0 Å². The Labute approximate surface area is 159 Å². The molecule has 1 fully saturated rings. The molecule has 140 valence electrons. The number of piperidine rings is 1. The first kappa shape index (κ1) is 16.6. The lowest BCUT2D eigenvalue weighted by Crippen LogP contribution is -2.32. The van der Waals surface area contributed by atoms with Crippen molar-refractivity contribution in [1.82, 2.24) is 20.1 Å². The van der Waals surface area contributed by atoms with E-state index in [2.05, 4.69) is 55.3 Å². The second-order valence-electron chi connectivity index (χ2n) is 7.72.